The number of aromatic nitrogens is 3. The Balaban J connectivity index is 1.61. The lowest BCUT2D eigenvalue weighted by Gasteiger charge is -2.30. The van der Waals surface area contributed by atoms with Crippen molar-refractivity contribution in [3.63, 3.8) is 0 Å². The minimum atomic E-state index is -0.137. The molecule has 1 N–H and O–H groups in total. The van der Waals surface area contributed by atoms with E-state index in [1.54, 1.807) is 11.3 Å². The summed E-state index contributed by atoms with van der Waals surface area (Å²) in [6.07, 6.45) is 3.64. The number of nitrogens with zero attached hydrogens (tertiary/aromatic N) is 3. The molecule has 24 heavy (non-hydrogen) atoms. The zero-order valence-corrected chi connectivity index (χ0v) is 14.2. The SMILES string of the molecule is COC(=O)C1CCCN(c2nc3ccc(-c4nccs4)cc3[nH]2)C1. The molecule has 1 aliphatic rings. The van der Waals surface area contributed by atoms with Crippen LogP contribution in [-0.4, -0.2) is 41.1 Å². The van der Waals surface area contributed by atoms with Crippen molar-refractivity contribution >= 4 is 34.3 Å². The van der Waals surface area contributed by atoms with Crippen LogP contribution in [0, 0.1) is 5.92 Å². The van der Waals surface area contributed by atoms with Crippen molar-refractivity contribution in [3.8, 4) is 10.6 Å². The van der Waals surface area contributed by atoms with Crippen LogP contribution in [-0.2, 0) is 9.53 Å². The molecule has 0 bridgehead atoms. The van der Waals surface area contributed by atoms with Gasteiger partial charge in [-0.25, -0.2) is 9.97 Å². The van der Waals surface area contributed by atoms with Crippen molar-refractivity contribution in [2.45, 2.75) is 12.8 Å². The molecule has 0 spiro atoms. The maximum Gasteiger partial charge on any atom is 0.310 e. The molecule has 4 rings (SSSR count). The van der Waals surface area contributed by atoms with Crippen molar-refractivity contribution in [1.29, 1.82) is 0 Å². The minimum Gasteiger partial charge on any atom is -0.469 e. The van der Waals surface area contributed by atoms with Crippen LogP contribution in [0.25, 0.3) is 21.6 Å². The fourth-order valence-electron chi connectivity index (χ4n) is 3.17. The molecule has 1 aliphatic heterocycles. The van der Waals surface area contributed by atoms with Gasteiger partial charge >= 0.3 is 5.97 Å². The number of methoxy groups -OCH3 is 1. The molecule has 0 radical (unpaired) electrons. The molecule has 1 saturated heterocycles. The smallest absolute Gasteiger partial charge is 0.310 e. The van der Waals surface area contributed by atoms with E-state index in [0.29, 0.717) is 6.54 Å². The first kappa shape index (κ1) is 15.1. The van der Waals surface area contributed by atoms with Gasteiger partial charge in [-0.05, 0) is 31.0 Å². The van der Waals surface area contributed by atoms with Crippen LogP contribution in [0.1, 0.15) is 12.8 Å². The second kappa shape index (κ2) is 6.24. The number of carbonyl (C=O) groups excluding carboxylic acids is 1. The number of esters is 1. The highest BCUT2D eigenvalue weighted by Crippen LogP contribution is 2.28. The molecule has 2 aromatic heterocycles. The summed E-state index contributed by atoms with van der Waals surface area (Å²) < 4.78 is 4.89. The molecule has 0 saturated carbocycles. The first-order valence-corrected chi connectivity index (χ1v) is 8.85. The fraction of sp³-hybridized carbons (Fsp3) is 0.353. The monoisotopic (exact) mass is 342 g/mol. The number of thiazole rings is 1. The van der Waals surface area contributed by atoms with Crippen LogP contribution in [0.4, 0.5) is 5.95 Å². The summed E-state index contributed by atoms with van der Waals surface area (Å²) in [6, 6.07) is 6.12. The Morgan fingerprint density at radius 3 is 3.17 bits per heavy atom. The Kier molecular flexibility index (Phi) is 3.93. The molecular weight excluding hydrogens is 324 g/mol. The van der Waals surface area contributed by atoms with Gasteiger partial charge in [0.1, 0.15) is 5.01 Å². The van der Waals surface area contributed by atoms with Crippen molar-refractivity contribution in [3.05, 3.63) is 29.8 Å². The third kappa shape index (κ3) is 2.75. The van der Waals surface area contributed by atoms with Gasteiger partial charge in [0, 0.05) is 30.2 Å². The van der Waals surface area contributed by atoms with Crippen molar-refractivity contribution < 1.29 is 9.53 Å². The number of hydrogen-bond acceptors (Lipinski definition) is 6. The van der Waals surface area contributed by atoms with Crippen LogP contribution in [0.5, 0.6) is 0 Å². The van der Waals surface area contributed by atoms with Gasteiger partial charge in [0.05, 0.1) is 24.1 Å². The molecule has 1 fully saturated rings. The summed E-state index contributed by atoms with van der Waals surface area (Å²) in [6.45, 7) is 1.54. The maximum absolute atomic E-state index is 11.8. The first-order chi connectivity index (χ1) is 11.7. The number of aromatic amines is 1. The predicted molar refractivity (Wildman–Crippen MR) is 94.2 cm³/mol. The molecule has 3 aromatic rings. The van der Waals surface area contributed by atoms with Gasteiger partial charge < -0.3 is 14.6 Å². The van der Waals surface area contributed by atoms with E-state index < -0.39 is 0 Å². The number of imidazole rings is 1. The Bertz CT molecular complexity index is 859. The van der Waals surface area contributed by atoms with Crippen molar-refractivity contribution in [2.75, 3.05) is 25.1 Å². The summed E-state index contributed by atoms with van der Waals surface area (Å²) in [5.41, 5.74) is 2.99. The molecule has 6 nitrogen and oxygen atoms in total. The molecule has 1 aromatic carbocycles. The van der Waals surface area contributed by atoms with Crippen LogP contribution >= 0.6 is 11.3 Å². The summed E-state index contributed by atoms with van der Waals surface area (Å²) >= 11 is 1.62. The van der Waals surface area contributed by atoms with Gasteiger partial charge in [-0.3, -0.25) is 4.79 Å². The van der Waals surface area contributed by atoms with E-state index in [4.69, 9.17) is 4.74 Å². The summed E-state index contributed by atoms with van der Waals surface area (Å²) in [5.74, 6) is 0.597. The zero-order valence-electron chi connectivity index (χ0n) is 13.4. The largest absolute Gasteiger partial charge is 0.469 e. The number of benzene rings is 1. The van der Waals surface area contributed by atoms with Gasteiger partial charge in [-0.1, -0.05) is 0 Å². The molecule has 124 valence electrons. The number of ether oxygens (including phenoxy) is 1. The van der Waals surface area contributed by atoms with Gasteiger partial charge in [0.15, 0.2) is 0 Å². The van der Waals surface area contributed by atoms with Crippen LogP contribution in [0.3, 0.4) is 0 Å². The van der Waals surface area contributed by atoms with Gasteiger partial charge in [-0.2, -0.15) is 0 Å². The lowest BCUT2D eigenvalue weighted by Crippen LogP contribution is -2.39. The highest BCUT2D eigenvalue weighted by molar-refractivity contribution is 7.13. The topological polar surface area (TPSA) is 71.1 Å². The van der Waals surface area contributed by atoms with E-state index in [0.717, 1.165) is 46.9 Å². The van der Waals surface area contributed by atoms with E-state index in [1.807, 2.05) is 23.7 Å². The lowest BCUT2D eigenvalue weighted by atomic mass is 9.98. The number of H-pyrrole nitrogens is 1. The molecule has 1 atom stereocenters. The van der Waals surface area contributed by atoms with E-state index >= 15 is 0 Å². The lowest BCUT2D eigenvalue weighted by molar-refractivity contribution is -0.145. The van der Waals surface area contributed by atoms with Crippen molar-refractivity contribution in [1.82, 2.24) is 15.0 Å². The molecule has 1 unspecified atom stereocenters. The van der Waals surface area contributed by atoms with E-state index in [9.17, 15) is 4.79 Å². The average molecular weight is 342 g/mol. The third-order valence-electron chi connectivity index (χ3n) is 4.40. The number of piperidine rings is 1. The number of carbonyl (C=O) groups is 1. The van der Waals surface area contributed by atoms with E-state index in [2.05, 4.69) is 25.9 Å². The standard InChI is InChI=1S/C17H18N4O2S/c1-23-16(22)12-3-2-7-21(10-12)17-19-13-5-4-11(9-14(13)20-17)15-18-6-8-24-15/h4-6,8-9,12H,2-3,7,10H2,1H3,(H,19,20). The number of hydrogen-bond donors (Lipinski definition) is 1. The highest BCUT2D eigenvalue weighted by atomic mass is 32.1. The number of nitrogens with one attached hydrogen (secondary N) is 1. The molecule has 0 amide bonds. The number of rotatable bonds is 3. The molecular formula is C17H18N4O2S. The summed E-state index contributed by atoms with van der Waals surface area (Å²) in [7, 11) is 1.45. The van der Waals surface area contributed by atoms with Gasteiger partial charge in [0.25, 0.3) is 0 Å². The number of anilines is 1. The fourth-order valence-corrected chi connectivity index (χ4v) is 3.81. The van der Waals surface area contributed by atoms with Crippen molar-refractivity contribution in [2.24, 2.45) is 5.92 Å². The Hall–Kier alpha value is -2.41. The second-order valence-corrected chi connectivity index (χ2v) is 6.83. The summed E-state index contributed by atoms with van der Waals surface area (Å²) in [5, 5.41) is 2.97. The van der Waals surface area contributed by atoms with E-state index in [1.165, 1.54) is 7.11 Å². The highest BCUT2D eigenvalue weighted by Gasteiger charge is 2.27. The zero-order chi connectivity index (χ0) is 16.5. The Morgan fingerprint density at radius 1 is 1.46 bits per heavy atom. The Morgan fingerprint density at radius 2 is 2.38 bits per heavy atom. The predicted octanol–water partition coefficient (Wildman–Crippen LogP) is 3.08. The second-order valence-electron chi connectivity index (χ2n) is 5.94. The molecule has 0 aliphatic carbocycles. The van der Waals surface area contributed by atoms with Gasteiger partial charge in [-0.15, -0.1) is 11.3 Å². The number of fused-ring (bicyclic) bond motifs is 1. The minimum absolute atomic E-state index is 0.0807. The van der Waals surface area contributed by atoms with E-state index in [-0.39, 0.29) is 11.9 Å². The quantitative estimate of drug-likeness (QED) is 0.741. The summed E-state index contributed by atoms with van der Waals surface area (Å²) in [4.78, 5) is 26.4. The molecule has 7 heteroatoms. The average Bonchev–Trinajstić information content (AvgIpc) is 3.29. The maximum atomic E-state index is 11.8. The third-order valence-corrected chi connectivity index (χ3v) is 5.23. The van der Waals surface area contributed by atoms with Crippen LogP contribution < -0.4 is 4.90 Å². The van der Waals surface area contributed by atoms with Crippen LogP contribution in [0.2, 0.25) is 0 Å². The van der Waals surface area contributed by atoms with Crippen LogP contribution in [0.15, 0.2) is 29.8 Å². The Labute approximate surface area is 143 Å². The first-order valence-electron chi connectivity index (χ1n) is 7.97. The van der Waals surface area contributed by atoms with Gasteiger partial charge in [0.2, 0.25) is 5.95 Å². The molecule has 3 heterocycles. The normalized spacial score (nSPS) is 18.0.